The topological polar surface area (TPSA) is 51.2 Å². The Bertz CT molecular complexity index is 1070. The molecule has 0 spiro atoms. The highest BCUT2D eigenvalue weighted by Gasteiger charge is 2.51. The Morgan fingerprint density at radius 2 is 1.62 bits per heavy atom. The van der Waals surface area contributed by atoms with Crippen molar-refractivity contribution in [2.45, 2.75) is 50.5 Å². The van der Waals surface area contributed by atoms with E-state index in [0.717, 1.165) is 29.2 Å². The molecule has 1 N–H and O–H groups in total. The number of para-hydroxylation sites is 1. The Morgan fingerprint density at radius 3 is 2.28 bits per heavy atom. The Labute approximate surface area is 193 Å². The van der Waals surface area contributed by atoms with Crippen molar-refractivity contribution in [3.05, 3.63) is 76.8 Å². The molecule has 0 aliphatic heterocycles. The Morgan fingerprint density at radius 1 is 0.969 bits per heavy atom. The summed E-state index contributed by atoms with van der Waals surface area (Å²) in [5, 5.41) is 5.47. The number of amides is 1. The molecule has 5 heteroatoms. The van der Waals surface area contributed by atoms with E-state index in [9.17, 15) is 4.79 Å². The number of thiazole rings is 1. The average molecular weight is 445 g/mol. The maximum atomic E-state index is 12.8. The maximum Gasteiger partial charge on any atom is 0.257 e. The van der Waals surface area contributed by atoms with Crippen LogP contribution in [0, 0.1) is 17.8 Å². The van der Waals surface area contributed by atoms with Gasteiger partial charge in [0.1, 0.15) is 12.4 Å². The SMILES string of the molecule is O=C(Nc1nc(COc2ccccc2)cs1)c1ccc(C23CC4CC(CC(C4)C2)C3)cc1. The number of hydrogen-bond donors (Lipinski definition) is 1. The summed E-state index contributed by atoms with van der Waals surface area (Å²) in [6.07, 6.45) is 8.39. The number of carbonyl (C=O) groups excluding carboxylic acids is 1. The van der Waals surface area contributed by atoms with Crippen molar-refractivity contribution in [3.8, 4) is 5.75 Å². The fraction of sp³-hybridized carbons (Fsp3) is 0.407. The Balaban J connectivity index is 1.10. The number of nitrogens with one attached hydrogen (secondary N) is 1. The first kappa shape index (κ1) is 20.0. The van der Waals surface area contributed by atoms with E-state index >= 15 is 0 Å². The van der Waals surface area contributed by atoms with Gasteiger partial charge in [-0.2, -0.15) is 0 Å². The molecule has 4 bridgehead atoms. The highest BCUT2D eigenvalue weighted by molar-refractivity contribution is 7.13. The Hall–Kier alpha value is -2.66. The lowest BCUT2D eigenvalue weighted by Crippen LogP contribution is -2.48. The molecule has 0 unspecified atom stereocenters. The third-order valence-electron chi connectivity index (χ3n) is 7.70. The molecule has 4 saturated carbocycles. The predicted molar refractivity (Wildman–Crippen MR) is 127 cm³/mol. The summed E-state index contributed by atoms with van der Waals surface area (Å²) in [4.78, 5) is 17.3. The maximum absolute atomic E-state index is 12.8. The van der Waals surface area contributed by atoms with Crippen molar-refractivity contribution in [3.63, 3.8) is 0 Å². The number of nitrogens with zero attached hydrogens (tertiary/aromatic N) is 1. The normalized spacial score (nSPS) is 27.9. The lowest BCUT2D eigenvalue weighted by molar-refractivity contribution is -0.00519. The van der Waals surface area contributed by atoms with E-state index in [1.165, 1.54) is 55.4 Å². The summed E-state index contributed by atoms with van der Waals surface area (Å²) < 4.78 is 5.74. The minimum atomic E-state index is -0.105. The molecule has 164 valence electrons. The molecular formula is C27H28N2O2S. The van der Waals surface area contributed by atoms with E-state index in [-0.39, 0.29) is 5.91 Å². The molecule has 32 heavy (non-hydrogen) atoms. The number of benzene rings is 2. The molecule has 1 heterocycles. The molecule has 0 atom stereocenters. The number of anilines is 1. The van der Waals surface area contributed by atoms with Gasteiger partial charge in [-0.1, -0.05) is 30.3 Å². The highest BCUT2D eigenvalue weighted by atomic mass is 32.1. The van der Waals surface area contributed by atoms with Crippen LogP contribution < -0.4 is 10.1 Å². The number of aromatic nitrogens is 1. The second-order valence-electron chi connectivity index (χ2n) is 9.98. The van der Waals surface area contributed by atoms with Gasteiger partial charge in [-0.15, -0.1) is 11.3 Å². The monoisotopic (exact) mass is 444 g/mol. The highest BCUT2D eigenvalue weighted by Crippen LogP contribution is 2.60. The van der Waals surface area contributed by atoms with Crippen LogP contribution in [0.15, 0.2) is 60.0 Å². The van der Waals surface area contributed by atoms with E-state index in [1.54, 1.807) is 0 Å². The Kier molecular flexibility index (Phi) is 5.02. The first-order chi connectivity index (χ1) is 15.6. The van der Waals surface area contributed by atoms with Gasteiger partial charge in [0.2, 0.25) is 0 Å². The summed E-state index contributed by atoms with van der Waals surface area (Å²) in [6, 6.07) is 18.1. The van der Waals surface area contributed by atoms with Gasteiger partial charge >= 0.3 is 0 Å². The van der Waals surface area contributed by atoms with E-state index < -0.39 is 0 Å². The van der Waals surface area contributed by atoms with Crippen LogP contribution in [0.4, 0.5) is 5.13 Å². The van der Waals surface area contributed by atoms with Gasteiger partial charge in [0.15, 0.2) is 5.13 Å². The van der Waals surface area contributed by atoms with Gasteiger partial charge < -0.3 is 4.74 Å². The molecule has 4 nitrogen and oxygen atoms in total. The number of carbonyl (C=O) groups is 1. The van der Waals surface area contributed by atoms with E-state index in [0.29, 0.717) is 22.7 Å². The number of ether oxygens (including phenoxy) is 1. The molecule has 3 aromatic rings. The summed E-state index contributed by atoms with van der Waals surface area (Å²) >= 11 is 1.43. The van der Waals surface area contributed by atoms with Crippen LogP contribution in [0.1, 0.15) is 60.1 Å². The third-order valence-corrected chi connectivity index (χ3v) is 8.51. The quantitative estimate of drug-likeness (QED) is 0.476. The lowest BCUT2D eigenvalue weighted by atomic mass is 9.48. The lowest BCUT2D eigenvalue weighted by Gasteiger charge is -2.57. The number of hydrogen-bond acceptors (Lipinski definition) is 4. The van der Waals surface area contributed by atoms with E-state index in [4.69, 9.17) is 4.74 Å². The fourth-order valence-electron chi connectivity index (χ4n) is 6.71. The summed E-state index contributed by atoms with van der Waals surface area (Å²) in [5.41, 5.74) is 3.32. The zero-order valence-electron chi connectivity index (χ0n) is 18.1. The molecule has 4 aliphatic carbocycles. The molecule has 0 saturated heterocycles. The fourth-order valence-corrected chi connectivity index (χ4v) is 7.40. The van der Waals surface area contributed by atoms with Crippen LogP contribution in [0.5, 0.6) is 5.75 Å². The molecule has 4 fully saturated rings. The smallest absolute Gasteiger partial charge is 0.257 e. The molecule has 1 amide bonds. The van der Waals surface area contributed by atoms with Crippen LogP contribution >= 0.6 is 11.3 Å². The molecule has 7 rings (SSSR count). The number of rotatable bonds is 6. The van der Waals surface area contributed by atoms with Crippen LogP contribution in [0.2, 0.25) is 0 Å². The van der Waals surface area contributed by atoms with Crippen molar-refractivity contribution < 1.29 is 9.53 Å². The van der Waals surface area contributed by atoms with Crippen molar-refractivity contribution in [2.75, 3.05) is 5.32 Å². The molecule has 4 aliphatic rings. The molecule has 1 aromatic heterocycles. The molecular weight excluding hydrogens is 416 g/mol. The van der Waals surface area contributed by atoms with Crippen molar-refractivity contribution in [2.24, 2.45) is 17.8 Å². The van der Waals surface area contributed by atoms with Crippen LogP contribution in [-0.4, -0.2) is 10.9 Å². The van der Waals surface area contributed by atoms with Gasteiger partial charge in [0.05, 0.1) is 5.69 Å². The second kappa shape index (κ2) is 8.04. The zero-order chi connectivity index (χ0) is 21.5. The first-order valence-electron chi connectivity index (χ1n) is 11.7. The van der Waals surface area contributed by atoms with Gasteiger partial charge in [0.25, 0.3) is 5.91 Å². The molecule has 2 aromatic carbocycles. The van der Waals surface area contributed by atoms with Crippen molar-refractivity contribution >= 4 is 22.4 Å². The largest absolute Gasteiger partial charge is 0.487 e. The molecule has 0 radical (unpaired) electrons. The second-order valence-corrected chi connectivity index (χ2v) is 10.8. The average Bonchev–Trinajstić information content (AvgIpc) is 3.25. The third kappa shape index (κ3) is 3.83. The van der Waals surface area contributed by atoms with Crippen molar-refractivity contribution in [1.82, 2.24) is 4.98 Å². The van der Waals surface area contributed by atoms with Gasteiger partial charge in [-0.3, -0.25) is 10.1 Å². The summed E-state index contributed by atoms with van der Waals surface area (Å²) in [6.45, 7) is 0.385. The van der Waals surface area contributed by atoms with Gasteiger partial charge in [-0.25, -0.2) is 4.98 Å². The van der Waals surface area contributed by atoms with Crippen LogP contribution in [-0.2, 0) is 12.0 Å². The summed E-state index contributed by atoms with van der Waals surface area (Å²) in [5.74, 6) is 3.48. The standard InChI is InChI=1S/C27H28N2O2S/c30-25(29-26-28-23(17-32-26)16-31-24-4-2-1-3-5-24)21-6-8-22(9-7-21)27-13-18-10-19(14-27)12-20(11-18)15-27/h1-9,17-20H,10-16H2,(H,28,29,30). The van der Waals surface area contributed by atoms with Crippen molar-refractivity contribution in [1.29, 1.82) is 0 Å². The van der Waals surface area contributed by atoms with Gasteiger partial charge in [0, 0.05) is 10.9 Å². The zero-order valence-corrected chi connectivity index (χ0v) is 18.9. The van der Waals surface area contributed by atoms with Crippen LogP contribution in [0.25, 0.3) is 0 Å². The minimum absolute atomic E-state index is 0.105. The van der Waals surface area contributed by atoms with Crippen LogP contribution in [0.3, 0.4) is 0 Å². The minimum Gasteiger partial charge on any atom is -0.487 e. The first-order valence-corrected chi connectivity index (χ1v) is 12.6. The predicted octanol–water partition coefficient (Wildman–Crippen LogP) is 6.44. The summed E-state index contributed by atoms with van der Waals surface area (Å²) in [7, 11) is 0. The van der Waals surface area contributed by atoms with E-state index in [2.05, 4.69) is 22.4 Å². The van der Waals surface area contributed by atoms with E-state index in [1.807, 2.05) is 47.8 Å². The van der Waals surface area contributed by atoms with Gasteiger partial charge in [-0.05, 0) is 91.5 Å².